The van der Waals surface area contributed by atoms with E-state index in [-0.39, 0.29) is 17.9 Å². The van der Waals surface area contributed by atoms with Gasteiger partial charge in [-0.2, -0.15) is 0 Å². The number of carbonyl (C=O) groups excluding carboxylic acids is 1. The number of carbonyl (C=O) groups is 2. The van der Waals surface area contributed by atoms with Crippen LogP contribution in [0.2, 0.25) is 0 Å². The molecule has 1 N–H and O–H groups in total. The molecule has 1 aliphatic carbocycles. The first kappa shape index (κ1) is 13.9. The summed E-state index contributed by atoms with van der Waals surface area (Å²) in [6, 6.07) is 7.83. The standard InChI is InChI=1S/C16H19NO4/c1-21-11-6-4-10(5-7-11)14-3-2-8-17(14)15(18)12-9-13(12)16(19)20/h4-7,12-14H,2-3,8-9H2,1H3,(H,19,20). The SMILES string of the molecule is COc1ccc(C2CCCN2C(=O)C2CC2C(=O)O)cc1. The Bertz CT molecular complexity index is 554. The second-order valence-electron chi connectivity index (χ2n) is 5.75. The van der Waals surface area contributed by atoms with E-state index in [9.17, 15) is 9.59 Å². The number of amides is 1. The molecule has 1 saturated heterocycles. The van der Waals surface area contributed by atoms with Crippen LogP contribution in [0.4, 0.5) is 0 Å². The Morgan fingerprint density at radius 2 is 1.95 bits per heavy atom. The van der Waals surface area contributed by atoms with Gasteiger partial charge in [-0.05, 0) is 37.0 Å². The molecule has 0 bridgehead atoms. The molecule has 5 heteroatoms. The third-order valence-corrected chi connectivity index (χ3v) is 4.46. The summed E-state index contributed by atoms with van der Waals surface area (Å²) in [6.07, 6.45) is 2.38. The van der Waals surface area contributed by atoms with Crippen molar-refractivity contribution >= 4 is 11.9 Å². The largest absolute Gasteiger partial charge is 0.497 e. The number of benzene rings is 1. The van der Waals surface area contributed by atoms with Crippen LogP contribution in [0, 0.1) is 11.8 Å². The molecule has 1 amide bonds. The highest BCUT2D eigenvalue weighted by atomic mass is 16.5. The van der Waals surface area contributed by atoms with Crippen molar-refractivity contribution in [2.45, 2.75) is 25.3 Å². The lowest BCUT2D eigenvalue weighted by Gasteiger charge is -2.25. The number of carboxylic acid groups (broad SMARTS) is 1. The lowest BCUT2D eigenvalue weighted by Crippen LogP contribution is -2.32. The van der Waals surface area contributed by atoms with Crippen molar-refractivity contribution in [2.75, 3.05) is 13.7 Å². The van der Waals surface area contributed by atoms with Crippen molar-refractivity contribution in [3.8, 4) is 5.75 Å². The molecule has 2 aliphatic rings. The van der Waals surface area contributed by atoms with Gasteiger partial charge < -0.3 is 14.7 Å². The fourth-order valence-corrected chi connectivity index (χ4v) is 3.16. The molecule has 0 radical (unpaired) electrons. The second kappa shape index (κ2) is 5.39. The predicted octanol–water partition coefficient (Wildman–Crippen LogP) is 2.08. The van der Waals surface area contributed by atoms with Gasteiger partial charge in [-0.3, -0.25) is 9.59 Å². The summed E-state index contributed by atoms with van der Waals surface area (Å²) in [5.41, 5.74) is 1.09. The summed E-state index contributed by atoms with van der Waals surface area (Å²) in [5.74, 6) is -0.854. The maximum absolute atomic E-state index is 12.5. The van der Waals surface area contributed by atoms with Crippen molar-refractivity contribution in [2.24, 2.45) is 11.8 Å². The summed E-state index contributed by atoms with van der Waals surface area (Å²) in [6.45, 7) is 0.721. The Hall–Kier alpha value is -2.04. The summed E-state index contributed by atoms with van der Waals surface area (Å²) in [7, 11) is 1.62. The summed E-state index contributed by atoms with van der Waals surface area (Å²) in [4.78, 5) is 25.3. The van der Waals surface area contributed by atoms with Gasteiger partial charge in [0, 0.05) is 6.54 Å². The quantitative estimate of drug-likeness (QED) is 0.921. The van der Waals surface area contributed by atoms with Crippen molar-refractivity contribution in [1.29, 1.82) is 0 Å². The van der Waals surface area contributed by atoms with E-state index in [1.165, 1.54) is 0 Å². The van der Waals surface area contributed by atoms with Crippen LogP contribution in [0.25, 0.3) is 0 Å². The van der Waals surface area contributed by atoms with Crippen LogP contribution in [0.15, 0.2) is 24.3 Å². The van der Waals surface area contributed by atoms with Gasteiger partial charge >= 0.3 is 5.97 Å². The van der Waals surface area contributed by atoms with Gasteiger partial charge in [0.25, 0.3) is 0 Å². The normalized spacial score (nSPS) is 27.5. The van der Waals surface area contributed by atoms with Gasteiger partial charge in [-0.15, -0.1) is 0 Å². The molecule has 1 aromatic carbocycles. The van der Waals surface area contributed by atoms with Gasteiger partial charge in [0.05, 0.1) is 25.0 Å². The first-order chi connectivity index (χ1) is 10.1. The van der Waals surface area contributed by atoms with E-state index < -0.39 is 11.9 Å². The number of hydrogen-bond acceptors (Lipinski definition) is 3. The Morgan fingerprint density at radius 3 is 2.52 bits per heavy atom. The molecule has 1 saturated carbocycles. The van der Waals surface area contributed by atoms with Crippen LogP contribution in [0.5, 0.6) is 5.75 Å². The third-order valence-electron chi connectivity index (χ3n) is 4.46. The van der Waals surface area contributed by atoms with Crippen LogP contribution >= 0.6 is 0 Å². The van der Waals surface area contributed by atoms with Gasteiger partial charge in [0.1, 0.15) is 5.75 Å². The Morgan fingerprint density at radius 1 is 1.24 bits per heavy atom. The zero-order valence-electron chi connectivity index (χ0n) is 12.0. The molecule has 1 aliphatic heterocycles. The molecule has 1 aromatic rings. The van der Waals surface area contributed by atoms with Gasteiger partial charge in [0.2, 0.25) is 5.91 Å². The molecule has 21 heavy (non-hydrogen) atoms. The zero-order chi connectivity index (χ0) is 15.0. The highest BCUT2D eigenvalue weighted by Crippen LogP contribution is 2.43. The Labute approximate surface area is 123 Å². The second-order valence-corrected chi connectivity index (χ2v) is 5.75. The number of methoxy groups -OCH3 is 1. The number of nitrogens with zero attached hydrogens (tertiary/aromatic N) is 1. The molecule has 5 nitrogen and oxygen atoms in total. The average molecular weight is 289 g/mol. The highest BCUT2D eigenvalue weighted by molar-refractivity contribution is 5.89. The van der Waals surface area contributed by atoms with E-state index in [0.717, 1.165) is 30.7 Å². The zero-order valence-corrected chi connectivity index (χ0v) is 12.0. The van der Waals surface area contributed by atoms with Gasteiger partial charge in [-0.25, -0.2) is 0 Å². The topological polar surface area (TPSA) is 66.8 Å². The fraction of sp³-hybridized carbons (Fsp3) is 0.500. The molecule has 0 spiro atoms. The molecule has 3 unspecified atom stereocenters. The minimum absolute atomic E-state index is 0.000665. The molecular weight excluding hydrogens is 270 g/mol. The van der Waals surface area contributed by atoms with E-state index in [4.69, 9.17) is 9.84 Å². The molecule has 0 aromatic heterocycles. The smallest absolute Gasteiger partial charge is 0.307 e. The van der Waals surface area contributed by atoms with Crippen LogP contribution in [-0.4, -0.2) is 35.5 Å². The summed E-state index contributed by atoms with van der Waals surface area (Å²) >= 11 is 0. The van der Waals surface area contributed by atoms with Crippen molar-refractivity contribution in [1.82, 2.24) is 4.90 Å². The number of ether oxygens (including phenoxy) is 1. The minimum Gasteiger partial charge on any atom is -0.497 e. The molecule has 3 atom stereocenters. The number of aliphatic carboxylic acids is 1. The first-order valence-electron chi connectivity index (χ1n) is 7.29. The van der Waals surface area contributed by atoms with Crippen molar-refractivity contribution in [3.63, 3.8) is 0 Å². The monoisotopic (exact) mass is 289 g/mol. The van der Waals surface area contributed by atoms with Crippen LogP contribution in [0.1, 0.15) is 30.9 Å². The number of hydrogen-bond donors (Lipinski definition) is 1. The maximum Gasteiger partial charge on any atom is 0.307 e. The summed E-state index contributed by atoms with van der Waals surface area (Å²) in [5, 5.41) is 8.97. The lowest BCUT2D eigenvalue weighted by molar-refractivity contribution is -0.142. The van der Waals surface area contributed by atoms with Crippen molar-refractivity contribution < 1.29 is 19.4 Å². The molecule has 2 fully saturated rings. The molecule has 1 heterocycles. The molecule has 112 valence electrons. The maximum atomic E-state index is 12.5. The van der Waals surface area contributed by atoms with E-state index in [2.05, 4.69) is 0 Å². The Kier molecular flexibility index (Phi) is 3.57. The van der Waals surface area contributed by atoms with Crippen LogP contribution in [-0.2, 0) is 9.59 Å². The van der Waals surface area contributed by atoms with E-state index in [1.807, 2.05) is 29.2 Å². The average Bonchev–Trinajstić information content (AvgIpc) is 3.16. The first-order valence-corrected chi connectivity index (χ1v) is 7.29. The van der Waals surface area contributed by atoms with Crippen LogP contribution in [0.3, 0.4) is 0 Å². The van der Waals surface area contributed by atoms with E-state index >= 15 is 0 Å². The highest BCUT2D eigenvalue weighted by Gasteiger charge is 2.51. The number of rotatable bonds is 4. The van der Waals surface area contributed by atoms with Crippen LogP contribution < -0.4 is 4.74 Å². The molecular formula is C16H19NO4. The number of carboxylic acids is 1. The lowest BCUT2D eigenvalue weighted by atomic mass is 10.0. The summed E-state index contributed by atoms with van der Waals surface area (Å²) < 4.78 is 5.15. The minimum atomic E-state index is -0.853. The van der Waals surface area contributed by atoms with Gasteiger partial charge in [0.15, 0.2) is 0 Å². The van der Waals surface area contributed by atoms with Gasteiger partial charge in [-0.1, -0.05) is 12.1 Å². The van der Waals surface area contributed by atoms with E-state index in [0.29, 0.717) is 6.42 Å². The Balaban J connectivity index is 1.73. The predicted molar refractivity (Wildman–Crippen MR) is 75.9 cm³/mol. The van der Waals surface area contributed by atoms with E-state index in [1.54, 1.807) is 7.11 Å². The number of likely N-dealkylation sites (tertiary alicyclic amines) is 1. The fourth-order valence-electron chi connectivity index (χ4n) is 3.16. The third kappa shape index (κ3) is 2.60. The van der Waals surface area contributed by atoms with Crippen molar-refractivity contribution in [3.05, 3.63) is 29.8 Å². The molecule has 3 rings (SSSR count).